The van der Waals surface area contributed by atoms with Gasteiger partial charge in [0, 0.05) is 17.7 Å². The van der Waals surface area contributed by atoms with E-state index in [0.717, 1.165) is 0 Å². The quantitative estimate of drug-likeness (QED) is 0.462. The van der Waals surface area contributed by atoms with Crippen LogP contribution >= 0.6 is 34.8 Å². The van der Waals surface area contributed by atoms with Gasteiger partial charge in [-0.3, -0.25) is 10.1 Å². The predicted octanol–water partition coefficient (Wildman–Crippen LogP) is 4.28. The van der Waals surface area contributed by atoms with E-state index < -0.39 is 20.4 Å². The normalized spacial score (nSPS) is 28.4. The van der Waals surface area contributed by atoms with Gasteiger partial charge in [-0.15, -0.1) is 0 Å². The number of hydrogen-bond acceptors (Lipinski definition) is 4. The van der Waals surface area contributed by atoms with Crippen molar-refractivity contribution < 1.29 is 9.66 Å². The first-order valence-electron chi connectivity index (χ1n) is 6.24. The van der Waals surface area contributed by atoms with Gasteiger partial charge in [-0.2, -0.15) is 0 Å². The Bertz CT molecular complexity index is 591. The van der Waals surface area contributed by atoms with Gasteiger partial charge in [-0.1, -0.05) is 41.7 Å². The number of halogens is 3. The van der Waals surface area contributed by atoms with Gasteiger partial charge in [0.1, 0.15) is 5.54 Å². The Hall–Kier alpha value is -1.04. The van der Waals surface area contributed by atoms with E-state index in [1.54, 1.807) is 19.1 Å². The highest BCUT2D eigenvalue weighted by atomic mass is 35.5. The van der Waals surface area contributed by atoms with E-state index in [1.807, 2.05) is 6.92 Å². The van der Waals surface area contributed by atoms with Crippen LogP contribution in [0.1, 0.15) is 25.8 Å². The van der Waals surface area contributed by atoms with Crippen LogP contribution in [0.25, 0.3) is 0 Å². The largest absolute Gasteiger partial charge is 0.449 e. The van der Waals surface area contributed by atoms with Crippen molar-refractivity contribution in [3.8, 4) is 0 Å². The van der Waals surface area contributed by atoms with Crippen LogP contribution in [0.15, 0.2) is 29.3 Å². The van der Waals surface area contributed by atoms with Crippen molar-refractivity contribution in [2.75, 3.05) is 0 Å². The van der Waals surface area contributed by atoms with Crippen LogP contribution in [-0.4, -0.2) is 26.3 Å². The Morgan fingerprint density at radius 2 is 1.95 bits per heavy atom. The van der Waals surface area contributed by atoms with Crippen LogP contribution in [-0.2, 0) is 4.74 Å². The zero-order valence-corrected chi connectivity index (χ0v) is 13.6. The number of non-ortho nitro benzene ring substituents is 1. The summed E-state index contributed by atoms with van der Waals surface area (Å²) in [4.78, 5) is 13.7. The molecule has 2 rings (SSSR count). The lowest BCUT2D eigenvalue weighted by molar-refractivity contribution is -0.384. The van der Waals surface area contributed by atoms with Gasteiger partial charge >= 0.3 is 0 Å². The number of nitro benzene ring substituents is 1. The highest BCUT2D eigenvalue weighted by Crippen LogP contribution is 2.48. The van der Waals surface area contributed by atoms with E-state index in [9.17, 15) is 10.1 Å². The molecule has 21 heavy (non-hydrogen) atoms. The van der Waals surface area contributed by atoms with Crippen molar-refractivity contribution in [2.45, 2.75) is 35.7 Å². The highest BCUT2D eigenvalue weighted by Gasteiger charge is 2.58. The van der Waals surface area contributed by atoms with Crippen LogP contribution in [0.3, 0.4) is 0 Å². The number of rotatable bonds is 4. The first-order chi connectivity index (χ1) is 9.73. The number of nitro groups is 1. The molecular formula is C13H13Cl3N2O3. The number of benzene rings is 1. The van der Waals surface area contributed by atoms with Crippen molar-refractivity contribution in [2.24, 2.45) is 4.99 Å². The molecule has 5 nitrogen and oxygen atoms in total. The van der Waals surface area contributed by atoms with Crippen molar-refractivity contribution in [3.63, 3.8) is 0 Å². The zero-order valence-electron chi connectivity index (χ0n) is 11.3. The van der Waals surface area contributed by atoms with Gasteiger partial charge in [0.25, 0.3) is 5.69 Å². The standard InChI is InChI=1S/C13H13Cl3N2O3/c1-3-12(2)13(16,11(14)15)21-10(17-12)8-4-6-9(7-5-8)18(19)20/h4-7,11H,3H2,1-2H3. The molecule has 1 aliphatic rings. The smallest absolute Gasteiger partial charge is 0.269 e. The van der Waals surface area contributed by atoms with Crippen molar-refractivity contribution in [1.82, 2.24) is 0 Å². The van der Waals surface area contributed by atoms with Crippen LogP contribution in [0.2, 0.25) is 0 Å². The lowest BCUT2D eigenvalue weighted by Crippen LogP contribution is -2.49. The Labute approximate surface area is 137 Å². The highest BCUT2D eigenvalue weighted by molar-refractivity contribution is 6.49. The van der Waals surface area contributed by atoms with Crippen LogP contribution in [0.5, 0.6) is 0 Å². The topological polar surface area (TPSA) is 64.7 Å². The Morgan fingerprint density at radius 3 is 2.33 bits per heavy atom. The average molecular weight is 352 g/mol. The molecule has 2 unspecified atom stereocenters. The maximum atomic E-state index is 10.7. The Morgan fingerprint density at radius 1 is 1.38 bits per heavy atom. The second-order valence-corrected chi connectivity index (χ2v) is 6.55. The first-order valence-corrected chi connectivity index (χ1v) is 7.49. The molecule has 0 bridgehead atoms. The molecule has 0 aromatic heterocycles. The van der Waals surface area contributed by atoms with Crippen LogP contribution in [0.4, 0.5) is 5.69 Å². The van der Waals surface area contributed by atoms with Gasteiger partial charge in [-0.25, -0.2) is 4.99 Å². The molecule has 8 heteroatoms. The fraction of sp³-hybridized carbons (Fsp3) is 0.462. The molecule has 0 saturated carbocycles. The Kier molecular flexibility index (Phi) is 4.38. The SMILES string of the molecule is CCC1(C)N=C(c2ccc([N+](=O)[O-])cc2)OC1(Cl)C(Cl)Cl. The second-order valence-electron chi connectivity index (χ2n) is 4.90. The molecule has 1 aromatic rings. The molecule has 1 aliphatic heterocycles. The molecule has 0 radical (unpaired) electrons. The maximum absolute atomic E-state index is 10.7. The number of ether oxygens (including phenoxy) is 1. The minimum Gasteiger partial charge on any atom is -0.449 e. The molecule has 0 spiro atoms. The molecule has 0 saturated heterocycles. The molecule has 0 amide bonds. The summed E-state index contributed by atoms with van der Waals surface area (Å²) in [5.74, 6) is 0.274. The summed E-state index contributed by atoms with van der Waals surface area (Å²) < 4.78 is 5.68. The van der Waals surface area contributed by atoms with E-state index in [2.05, 4.69) is 4.99 Å². The average Bonchev–Trinajstić information content (AvgIpc) is 2.73. The molecule has 114 valence electrons. The summed E-state index contributed by atoms with van der Waals surface area (Å²) in [6.45, 7) is 3.70. The predicted molar refractivity (Wildman–Crippen MR) is 83.5 cm³/mol. The van der Waals surface area contributed by atoms with Crippen LogP contribution in [0, 0.1) is 10.1 Å². The van der Waals surface area contributed by atoms with Gasteiger partial charge in [-0.05, 0) is 25.5 Å². The van der Waals surface area contributed by atoms with Crippen LogP contribution < -0.4 is 0 Å². The second kappa shape index (κ2) is 5.63. The van der Waals surface area contributed by atoms with E-state index in [0.29, 0.717) is 12.0 Å². The summed E-state index contributed by atoms with van der Waals surface area (Å²) in [6.07, 6.45) is 0.572. The minimum atomic E-state index is -1.37. The zero-order chi connectivity index (χ0) is 15.8. The van der Waals surface area contributed by atoms with Gasteiger partial charge in [0.15, 0.2) is 4.84 Å². The lowest BCUT2D eigenvalue weighted by atomic mass is 9.93. The molecule has 0 aliphatic carbocycles. The van der Waals surface area contributed by atoms with E-state index in [-0.39, 0.29) is 11.6 Å². The molecule has 0 fully saturated rings. The first kappa shape index (κ1) is 16.3. The lowest BCUT2D eigenvalue weighted by Gasteiger charge is -2.35. The summed E-state index contributed by atoms with van der Waals surface area (Å²) in [6, 6.07) is 5.84. The maximum Gasteiger partial charge on any atom is 0.269 e. The van der Waals surface area contributed by atoms with Gasteiger partial charge in [0.2, 0.25) is 11.0 Å². The number of aliphatic imine (C=N–C) groups is 1. The van der Waals surface area contributed by atoms with Crippen molar-refractivity contribution in [3.05, 3.63) is 39.9 Å². The molecule has 1 aromatic carbocycles. The molecule has 0 N–H and O–H groups in total. The summed E-state index contributed by atoms with van der Waals surface area (Å²) in [5, 5.41) is 9.29. The minimum absolute atomic E-state index is 0.0136. The Balaban J connectivity index is 2.38. The molecular weight excluding hydrogens is 339 g/mol. The third kappa shape index (κ3) is 2.70. The summed E-state index contributed by atoms with van der Waals surface area (Å²) in [7, 11) is 0. The summed E-state index contributed by atoms with van der Waals surface area (Å²) in [5.41, 5.74) is -0.225. The molecule has 2 atom stereocenters. The third-order valence-corrected chi connectivity index (χ3v) is 5.16. The fourth-order valence-corrected chi connectivity index (χ4v) is 2.83. The monoisotopic (exact) mass is 350 g/mol. The van der Waals surface area contributed by atoms with Gasteiger partial charge < -0.3 is 4.74 Å². The fourth-order valence-electron chi connectivity index (χ4n) is 2.02. The molecule has 1 heterocycles. The third-order valence-electron chi connectivity index (χ3n) is 3.62. The van der Waals surface area contributed by atoms with E-state index in [4.69, 9.17) is 39.5 Å². The van der Waals surface area contributed by atoms with E-state index >= 15 is 0 Å². The number of hydrogen-bond donors (Lipinski definition) is 0. The number of alkyl halides is 3. The van der Waals surface area contributed by atoms with Gasteiger partial charge in [0.05, 0.1) is 4.92 Å². The van der Waals surface area contributed by atoms with Crippen molar-refractivity contribution >= 4 is 46.4 Å². The summed E-state index contributed by atoms with van der Waals surface area (Å²) >= 11 is 18.3. The van der Waals surface area contributed by atoms with E-state index in [1.165, 1.54) is 12.1 Å². The number of nitrogens with zero attached hydrogens (tertiary/aromatic N) is 2. The van der Waals surface area contributed by atoms with Crippen molar-refractivity contribution in [1.29, 1.82) is 0 Å².